The Labute approximate surface area is 163 Å². The van der Waals surface area contributed by atoms with Gasteiger partial charge in [-0.2, -0.15) is 0 Å². The highest BCUT2D eigenvalue weighted by molar-refractivity contribution is 7.80. The van der Waals surface area contributed by atoms with Gasteiger partial charge in [-0.25, -0.2) is 0 Å². The van der Waals surface area contributed by atoms with Crippen LogP contribution in [-0.2, 0) is 14.3 Å². The molecule has 0 heterocycles. The summed E-state index contributed by atoms with van der Waals surface area (Å²) in [6.07, 6.45) is 0.801. The van der Waals surface area contributed by atoms with E-state index in [9.17, 15) is 9.59 Å². The molecule has 1 amide bonds. The number of hydrogen-bond donors (Lipinski definition) is 2. The van der Waals surface area contributed by atoms with Crippen LogP contribution in [0.3, 0.4) is 0 Å². The summed E-state index contributed by atoms with van der Waals surface area (Å²) in [5, 5.41) is 5.62. The molecular formula is C20H22N2O4S. The number of para-hydroxylation sites is 1. The molecule has 2 rings (SSSR count). The Morgan fingerprint density at radius 2 is 1.63 bits per heavy atom. The van der Waals surface area contributed by atoms with Crippen LogP contribution in [0, 0.1) is 0 Å². The van der Waals surface area contributed by atoms with Crippen LogP contribution in [-0.4, -0.2) is 23.6 Å². The molecular weight excluding hydrogens is 364 g/mol. The molecule has 0 aliphatic rings. The predicted octanol–water partition coefficient (Wildman–Crippen LogP) is 4.03. The molecule has 0 radical (unpaired) electrons. The second kappa shape index (κ2) is 10.9. The number of ether oxygens (including phenoxy) is 2. The zero-order valence-electron chi connectivity index (χ0n) is 15.1. The van der Waals surface area contributed by atoms with Crippen molar-refractivity contribution in [2.45, 2.75) is 26.2 Å². The summed E-state index contributed by atoms with van der Waals surface area (Å²) in [6, 6.07) is 16.6. The van der Waals surface area contributed by atoms with Gasteiger partial charge in [0.05, 0.1) is 13.0 Å². The van der Waals surface area contributed by atoms with Crippen molar-refractivity contribution in [2.24, 2.45) is 0 Å². The summed E-state index contributed by atoms with van der Waals surface area (Å²) in [4.78, 5) is 23.2. The Morgan fingerprint density at radius 1 is 0.963 bits per heavy atom. The van der Waals surface area contributed by atoms with E-state index in [1.54, 1.807) is 24.3 Å². The second-order valence-electron chi connectivity index (χ2n) is 5.66. The van der Waals surface area contributed by atoms with E-state index in [2.05, 4.69) is 10.6 Å². The van der Waals surface area contributed by atoms with Crippen molar-refractivity contribution < 1.29 is 19.1 Å². The van der Waals surface area contributed by atoms with Crippen LogP contribution in [0.5, 0.6) is 11.5 Å². The highest BCUT2D eigenvalue weighted by Gasteiger charge is 2.09. The summed E-state index contributed by atoms with van der Waals surface area (Å²) < 4.78 is 10.6. The Bertz CT molecular complexity index is 763. The van der Waals surface area contributed by atoms with Gasteiger partial charge >= 0.3 is 5.97 Å². The molecule has 0 atom stereocenters. The smallest absolute Gasteiger partial charge is 0.306 e. The molecule has 0 aliphatic carbocycles. The monoisotopic (exact) mass is 386 g/mol. The molecule has 6 nitrogen and oxygen atoms in total. The number of carbonyl (C=O) groups excluding carboxylic acids is 2. The highest BCUT2D eigenvalue weighted by Crippen LogP contribution is 2.22. The highest BCUT2D eigenvalue weighted by atomic mass is 32.1. The quantitative estimate of drug-likeness (QED) is 0.527. The van der Waals surface area contributed by atoms with Gasteiger partial charge in [0.1, 0.15) is 11.5 Å². The largest absolute Gasteiger partial charge is 0.466 e. The summed E-state index contributed by atoms with van der Waals surface area (Å²) in [5.74, 6) is 0.704. The molecule has 7 heteroatoms. The molecule has 0 saturated carbocycles. The number of carbonyl (C=O) groups is 2. The molecule has 0 saturated heterocycles. The van der Waals surface area contributed by atoms with Crippen LogP contribution in [0.15, 0.2) is 54.6 Å². The lowest BCUT2D eigenvalue weighted by Gasteiger charge is -2.10. The van der Waals surface area contributed by atoms with Crippen molar-refractivity contribution in [3.05, 3.63) is 54.6 Å². The van der Waals surface area contributed by atoms with Gasteiger partial charge in [-0.05, 0) is 55.0 Å². The minimum absolute atomic E-state index is 0.0220. The van der Waals surface area contributed by atoms with E-state index in [0.29, 0.717) is 18.0 Å². The van der Waals surface area contributed by atoms with Gasteiger partial charge in [-0.15, -0.1) is 0 Å². The maximum absolute atomic E-state index is 11.8. The number of benzene rings is 2. The van der Waals surface area contributed by atoms with E-state index in [0.717, 1.165) is 12.2 Å². The molecule has 27 heavy (non-hydrogen) atoms. The number of esters is 1. The third kappa shape index (κ3) is 7.87. The van der Waals surface area contributed by atoms with Crippen molar-refractivity contribution >= 4 is 34.9 Å². The molecule has 0 aromatic heterocycles. The fourth-order valence-corrected chi connectivity index (χ4v) is 2.32. The first kappa shape index (κ1) is 20.4. The van der Waals surface area contributed by atoms with E-state index in [1.807, 2.05) is 37.3 Å². The first-order valence-electron chi connectivity index (χ1n) is 8.66. The van der Waals surface area contributed by atoms with Gasteiger partial charge in [0.2, 0.25) is 5.91 Å². The molecule has 0 spiro atoms. The normalized spacial score (nSPS) is 9.96. The molecule has 2 aromatic rings. The first-order valence-corrected chi connectivity index (χ1v) is 9.07. The Kier molecular flexibility index (Phi) is 8.25. The SMILES string of the molecule is CCCOC(=O)CCC(=O)NC(=S)Nc1ccc(Oc2ccccc2)cc1. The summed E-state index contributed by atoms with van der Waals surface area (Å²) >= 11 is 5.11. The molecule has 0 unspecified atom stereocenters. The summed E-state index contributed by atoms with van der Waals surface area (Å²) in [7, 11) is 0. The standard InChI is InChI=1S/C20H22N2O4S/c1-2-14-25-19(24)13-12-18(23)22-20(27)21-15-8-10-17(11-9-15)26-16-6-4-3-5-7-16/h3-11H,2,12-14H2,1H3,(H2,21,22,23,27). The van der Waals surface area contributed by atoms with Crippen molar-refractivity contribution in [2.75, 3.05) is 11.9 Å². The average Bonchev–Trinajstić information content (AvgIpc) is 2.67. The average molecular weight is 386 g/mol. The number of hydrogen-bond acceptors (Lipinski definition) is 5. The zero-order valence-corrected chi connectivity index (χ0v) is 15.9. The van der Waals surface area contributed by atoms with Crippen molar-refractivity contribution in [1.29, 1.82) is 0 Å². The maximum atomic E-state index is 11.8. The molecule has 0 bridgehead atoms. The van der Waals surface area contributed by atoms with Gasteiger partial charge in [-0.3, -0.25) is 9.59 Å². The van der Waals surface area contributed by atoms with Crippen LogP contribution in [0.4, 0.5) is 5.69 Å². The van der Waals surface area contributed by atoms with Gasteiger partial charge in [0.25, 0.3) is 0 Å². The lowest BCUT2D eigenvalue weighted by Crippen LogP contribution is -2.34. The van der Waals surface area contributed by atoms with Gasteiger partial charge in [0.15, 0.2) is 5.11 Å². The predicted molar refractivity (Wildman–Crippen MR) is 108 cm³/mol. The fraction of sp³-hybridized carbons (Fsp3) is 0.250. The lowest BCUT2D eigenvalue weighted by molar-refractivity contribution is -0.144. The minimum Gasteiger partial charge on any atom is -0.466 e. The zero-order chi connectivity index (χ0) is 19.5. The van der Waals surface area contributed by atoms with Gasteiger partial charge < -0.3 is 20.1 Å². The van der Waals surface area contributed by atoms with Crippen molar-refractivity contribution in [3.63, 3.8) is 0 Å². The molecule has 2 aromatic carbocycles. The molecule has 0 aliphatic heterocycles. The van der Waals surface area contributed by atoms with E-state index in [4.69, 9.17) is 21.7 Å². The lowest BCUT2D eigenvalue weighted by atomic mass is 10.3. The van der Waals surface area contributed by atoms with E-state index in [1.165, 1.54) is 0 Å². The molecule has 0 fully saturated rings. The number of rotatable bonds is 8. The number of amides is 1. The summed E-state index contributed by atoms with van der Waals surface area (Å²) in [6.45, 7) is 2.27. The van der Waals surface area contributed by atoms with Crippen molar-refractivity contribution in [3.8, 4) is 11.5 Å². The molecule has 142 valence electrons. The van der Waals surface area contributed by atoms with E-state index < -0.39 is 0 Å². The minimum atomic E-state index is -0.389. The van der Waals surface area contributed by atoms with Crippen LogP contribution < -0.4 is 15.4 Å². The summed E-state index contributed by atoms with van der Waals surface area (Å²) in [5.41, 5.74) is 0.711. The third-order valence-corrected chi connectivity index (χ3v) is 3.57. The van der Waals surface area contributed by atoms with E-state index in [-0.39, 0.29) is 29.8 Å². The number of thiocarbonyl (C=S) groups is 1. The van der Waals surface area contributed by atoms with Gasteiger partial charge in [-0.1, -0.05) is 25.1 Å². The number of anilines is 1. The van der Waals surface area contributed by atoms with Gasteiger partial charge in [0, 0.05) is 12.1 Å². The van der Waals surface area contributed by atoms with Crippen LogP contribution in [0.25, 0.3) is 0 Å². The maximum Gasteiger partial charge on any atom is 0.306 e. The Hall–Kier alpha value is -2.93. The van der Waals surface area contributed by atoms with E-state index >= 15 is 0 Å². The fourth-order valence-electron chi connectivity index (χ4n) is 2.09. The van der Waals surface area contributed by atoms with Crippen LogP contribution in [0.2, 0.25) is 0 Å². The number of nitrogens with one attached hydrogen (secondary N) is 2. The first-order chi connectivity index (χ1) is 13.1. The molecule has 2 N–H and O–H groups in total. The second-order valence-corrected chi connectivity index (χ2v) is 6.07. The van der Waals surface area contributed by atoms with Crippen LogP contribution in [0.1, 0.15) is 26.2 Å². The Balaban J connectivity index is 1.75. The van der Waals surface area contributed by atoms with Crippen LogP contribution >= 0.6 is 12.2 Å². The van der Waals surface area contributed by atoms with Crippen molar-refractivity contribution in [1.82, 2.24) is 5.32 Å². The topological polar surface area (TPSA) is 76.7 Å². The third-order valence-electron chi connectivity index (χ3n) is 3.37. The Morgan fingerprint density at radius 3 is 2.30 bits per heavy atom.